The smallest absolute Gasteiger partial charge is 0.748 e. The number of aliphatic hydroxyl groups is 1. The van der Waals surface area contributed by atoms with E-state index in [-0.39, 0.29) is 35.7 Å². The van der Waals surface area contributed by atoms with Crippen molar-refractivity contribution in [3.8, 4) is 0 Å². The Labute approximate surface area is 140 Å². The molecular weight excluding hydrogens is 275 g/mol. The van der Waals surface area contributed by atoms with Gasteiger partial charge in [-0.15, -0.1) is 0 Å². The molecular formula is C13H27NaO4S. The Morgan fingerprint density at radius 1 is 0.947 bits per heavy atom. The van der Waals surface area contributed by atoms with E-state index in [9.17, 15) is 18.1 Å². The van der Waals surface area contributed by atoms with E-state index in [1.54, 1.807) is 0 Å². The van der Waals surface area contributed by atoms with Crippen LogP contribution in [0.25, 0.3) is 0 Å². The Bertz CT molecular complexity index is 293. The van der Waals surface area contributed by atoms with Crippen LogP contribution in [0.5, 0.6) is 0 Å². The predicted octanol–water partition coefficient (Wildman–Crippen LogP) is -0.184. The third kappa shape index (κ3) is 12.3. The average molecular weight is 302 g/mol. The molecule has 19 heavy (non-hydrogen) atoms. The summed E-state index contributed by atoms with van der Waals surface area (Å²) < 4.78 is 33.0. The quantitative estimate of drug-likeness (QED) is 0.326. The van der Waals surface area contributed by atoms with E-state index in [1.165, 1.54) is 0 Å². The van der Waals surface area contributed by atoms with Gasteiger partial charge in [0.2, 0.25) is 0 Å². The van der Waals surface area contributed by atoms with Gasteiger partial charge in [0, 0.05) is 5.25 Å². The van der Waals surface area contributed by atoms with Crippen LogP contribution in [0.1, 0.15) is 71.6 Å². The fourth-order valence-electron chi connectivity index (χ4n) is 2.11. The second-order valence-corrected chi connectivity index (χ2v) is 6.64. The molecule has 0 radical (unpaired) electrons. The third-order valence-electron chi connectivity index (χ3n) is 3.22. The molecule has 0 aromatic rings. The van der Waals surface area contributed by atoms with Crippen LogP contribution in [0.4, 0.5) is 0 Å². The summed E-state index contributed by atoms with van der Waals surface area (Å²) >= 11 is 0. The van der Waals surface area contributed by atoms with E-state index < -0.39 is 15.4 Å². The van der Waals surface area contributed by atoms with Crippen molar-refractivity contribution in [3.05, 3.63) is 0 Å². The molecule has 0 fully saturated rings. The summed E-state index contributed by atoms with van der Waals surface area (Å²) in [6, 6.07) is 0. The van der Waals surface area contributed by atoms with Gasteiger partial charge in [0.25, 0.3) is 0 Å². The maximum Gasteiger partial charge on any atom is 1.00 e. The molecule has 0 aromatic carbocycles. The summed E-state index contributed by atoms with van der Waals surface area (Å²) in [5.41, 5.74) is 0. The monoisotopic (exact) mass is 302 g/mol. The number of hydrogen-bond donors (Lipinski definition) is 1. The van der Waals surface area contributed by atoms with Gasteiger partial charge in [-0.05, 0) is 32.1 Å². The second kappa shape index (κ2) is 12.6. The minimum atomic E-state index is -4.18. The number of rotatable bonds is 11. The van der Waals surface area contributed by atoms with Crippen LogP contribution < -0.4 is 29.6 Å². The minimum Gasteiger partial charge on any atom is -0.748 e. The first kappa shape index (κ1) is 22.2. The van der Waals surface area contributed by atoms with Gasteiger partial charge in [-0.1, -0.05) is 39.5 Å². The molecule has 6 heteroatoms. The number of unbranched alkanes of at least 4 members (excludes halogenated alkanes) is 2. The first-order chi connectivity index (χ1) is 8.41. The summed E-state index contributed by atoms with van der Waals surface area (Å²) in [4.78, 5) is 0. The molecule has 2 atom stereocenters. The summed E-state index contributed by atoms with van der Waals surface area (Å²) in [6.45, 7) is 3.98. The summed E-state index contributed by atoms with van der Waals surface area (Å²) in [5, 5.41) is 8.92. The first-order valence-electron chi connectivity index (χ1n) is 7.04. The van der Waals surface area contributed by atoms with E-state index in [0.717, 1.165) is 25.7 Å². The summed E-state index contributed by atoms with van der Waals surface area (Å²) in [7, 11) is -4.18. The van der Waals surface area contributed by atoms with Crippen LogP contribution in [0.3, 0.4) is 0 Å². The molecule has 4 nitrogen and oxygen atoms in total. The largest absolute Gasteiger partial charge is 1.00 e. The molecule has 0 rings (SSSR count). The van der Waals surface area contributed by atoms with E-state index in [2.05, 4.69) is 6.92 Å². The fraction of sp³-hybridized carbons (Fsp3) is 1.00. The van der Waals surface area contributed by atoms with E-state index in [0.29, 0.717) is 32.1 Å². The Morgan fingerprint density at radius 2 is 1.53 bits per heavy atom. The van der Waals surface area contributed by atoms with Crippen molar-refractivity contribution < 1.29 is 47.6 Å². The molecule has 0 aromatic heterocycles. The summed E-state index contributed by atoms with van der Waals surface area (Å²) in [6.07, 6.45) is 6.39. The van der Waals surface area contributed by atoms with Crippen molar-refractivity contribution in [2.45, 2.75) is 83.0 Å². The van der Waals surface area contributed by atoms with Gasteiger partial charge in [-0.3, -0.25) is 0 Å². The van der Waals surface area contributed by atoms with Crippen LogP contribution in [0.15, 0.2) is 0 Å². The van der Waals surface area contributed by atoms with Gasteiger partial charge in [-0.25, -0.2) is 8.42 Å². The molecule has 110 valence electrons. The maximum atomic E-state index is 11.0. The van der Waals surface area contributed by atoms with E-state index >= 15 is 0 Å². The third-order valence-corrected chi connectivity index (χ3v) is 4.51. The van der Waals surface area contributed by atoms with Crippen molar-refractivity contribution in [2.24, 2.45) is 0 Å². The maximum absolute atomic E-state index is 11.0. The normalized spacial score (nSPS) is 14.7. The van der Waals surface area contributed by atoms with Gasteiger partial charge in [-0.2, -0.15) is 0 Å². The molecule has 2 unspecified atom stereocenters. The van der Waals surface area contributed by atoms with Crippen LogP contribution >= 0.6 is 0 Å². The van der Waals surface area contributed by atoms with Crippen LogP contribution in [0.2, 0.25) is 0 Å². The van der Waals surface area contributed by atoms with E-state index in [1.807, 2.05) is 6.92 Å². The van der Waals surface area contributed by atoms with Crippen molar-refractivity contribution in [1.82, 2.24) is 0 Å². The Morgan fingerprint density at radius 3 is 2.00 bits per heavy atom. The minimum absolute atomic E-state index is 0. The number of hydrogen-bond acceptors (Lipinski definition) is 4. The average Bonchev–Trinajstić information content (AvgIpc) is 2.27. The molecule has 0 heterocycles. The van der Waals surface area contributed by atoms with Crippen molar-refractivity contribution >= 4 is 10.1 Å². The van der Waals surface area contributed by atoms with Gasteiger partial charge in [0.15, 0.2) is 0 Å². The second-order valence-electron chi connectivity index (χ2n) is 4.98. The topological polar surface area (TPSA) is 77.4 Å². The SMILES string of the molecule is CCCCCC(O)CCCC(CCC)S(=O)(=O)[O-].[Na+]. The predicted molar refractivity (Wildman–Crippen MR) is 72.4 cm³/mol. The molecule has 1 N–H and O–H groups in total. The standard InChI is InChI=1S/C13H28O4S.Na/c1-3-5-6-9-12(14)10-7-11-13(8-4-2)18(15,16)17;/h12-14H,3-11H2,1-2H3,(H,15,16,17);/q;+1/p-1. The fourth-order valence-corrected chi connectivity index (χ4v) is 3.09. The zero-order valence-electron chi connectivity index (χ0n) is 12.6. The van der Waals surface area contributed by atoms with Gasteiger partial charge >= 0.3 is 29.6 Å². The molecule has 0 aliphatic heterocycles. The Hall–Kier alpha value is 0.870. The number of aliphatic hydroxyl groups excluding tert-OH is 1. The molecule has 0 aliphatic rings. The zero-order valence-corrected chi connectivity index (χ0v) is 15.4. The van der Waals surface area contributed by atoms with Gasteiger partial charge in [0.1, 0.15) is 0 Å². The van der Waals surface area contributed by atoms with Crippen molar-refractivity contribution in [2.75, 3.05) is 0 Å². The van der Waals surface area contributed by atoms with Gasteiger partial charge in [0.05, 0.1) is 16.2 Å². The zero-order chi connectivity index (χ0) is 14.0. The molecule has 0 saturated carbocycles. The van der Waals surface area contributed by atoms with Crippen molar-refractivity contribution in [3.63, 3.8) is 0 Å². The first-order valence-corrected chi connectivity index (χ1v) is 8.51. The Balaban J connectivity index is 0. The van der Waals surface area contributed by atoms with Crippen molar-refractivity contribution in [1.29, 1.82) is 0 Å². The molecule has 0 aliphatic carbocycles. The molecule has 0 spiro atoms. The van der Waals surface area contributed by atoms with Crippen LogP contribution in [-0.2, 0) is 10.1 Å². The molecule has 0 saturated heterocycles. The van der Waals surface area contributed by atoms with E-state index in [4.69, 9.17) is 0 Å². The Kier molecular flexibility index (Phi) is 14.7. The molecule has 0 bridgehead atoms. The summed E-state index contributed by atoms with van der Waals surface area (Å²) in [5.74, 6) is 0. The van der Waals surface area contributed by atoms with Gasteiger partial charge < -0.3 is 9.66 Å². The molecule has 0 amide bonds. The van der Waals surface area contributed by atoms with Crippen LogP contribution in [0, 0.1) is 0 Å². The van der Waals surface area contributed by atoms with Crippen LogP contribution in [-0.4, -0.2) is 29.4 Å².